The Morgan fingerprint density at radius 2 is 1.96 bits per heavy atom. The van der Waals surface area contributed by atoms with Crippen LogP contribution < -0.4 is 4.74 Å². The van der Waals surface area contributed by atoms with Gasteiger partial charge in [-0.2, -0.15) is 8.78 Å². The highest BCUT2D eigenvalue weighted by atomic mass is 35.5. The quantitative estimate of drug-likeness (QED) is 0.807. The molecule has 0 bridgehead atoms. The van der Waals surface area contributed by atoms with Crippen molar-refractivity contribution in [2.75, 3.05) is 7.05 Å². The molecule has 0 aliphatic rings. The number of ether oxygens (including phenoxy) is 1. The third-order valence-corrected chi connectivity index (χ3v) is 3.46. The maximum Gasteiger partial charge on any atom is 0.387 e. The average molecular weight is 344 g/mol. The molecular weight excluding hydrogens is 331 g/mol. The first kappa shape index (κ1) is 17.1. The van der Waals surface area contributed by atoms with Crippen LogP contribution in [-0.2, 0) is 6.54 Å². The fourth-order valence-electron chi connectivity index (χ4n) is 2.02. The maximum absolute atomic E-state index is 13.8. The zero-order valence-corrected chi connectivity index (χ0v) is 12.9. The first-order valence-electron chi connectivity index (χ1n) is 6.61. The highest BCUT2D eigenvalue weighted by molar-refractivity contribution is 6.31. The Hall–Kier alpha value is -2.21. The predicted molar refractivity (Wildman–Crippen MR) is 80.3 cm³/mol. The Morgan fingerprint density at radius 3 is 2.61 bits per heavy atom. The number of hydrogen-bond acceptors (Lipinski definition) is 2. The minimum Gasteiger partial charge on any atom is -0.435 e. The van der Waals surface area contributed by atoms with Gasteiger partial charge in [0.2, 0.25) is 0 Å². The topological polar surface area (TPSA) is 29.5 Å². The third kappa shape index (κ3) is 4.39. The zero-order valence-electron chi connectivity index (χ0n) is 12.1. The molecule has 0 heterocycles. The van der Waals surface area contributed by atoms with Crippen LogP contribution in [0.1, 0.15) is 15.9 Å². The van der Waals surface area contributed by atoms with E-state index in [-0.39, 0.29) is 28.4 Å². The highest BCUT2D eigenvalue weighted by Crippen LogP contribution is 2.22. The molecule has 0 saturated heterocycles. The van der Waals surface area contributed by atoms with Gasteiger partial charge in [-0.25, -0.2) is 4.39 Å². The summed E-state index contributed by atoms with van der Waals surface area (Å²) >= 11 is 5.93. The summed E-state index contributed by atoms with van der Waals surface area (Å²) in [5, 5.41) is 0.208. The van der Waals surface area contributed by atoms with E-state index in [9.17, 15) is 18.0 Å². The van der Waals surface area contributed by atoms with Crippen LogP contribution in [0.15, 0.2) is 42.5 Å². The second kappa shape index (κ2) is 7.37. The van der Waals surface area contributed by atoms with Gasteiger partial charge in [0.15, 0.2) is 0 Å². The smallest absolute Gasteiger partial charge is 0.387 e. The minimum atomic E-state index is -2.98. The van der Waals surface area contributed by atoms with Crippen molar-refractivity contribution in [3.63, 3.8) is 0 Å². The molecule has 0 radical (unpaired) electrons. The van der Waals surface area contributed by atoms with Crippen molar-refractivity contribution in [3.8, 4) is 5.75 Å². The molecule has 0 saturated carbocycles. The van der Waals surface area contributed by atoms with Crippen molar-refractivity contribution in [1.29, 1.82) is 0 Å². The lowest BCUT2D eigenvalue weighted by Crippen LogP contribution is -2.26. The van der Waals surface area contributed by atoms with Crippen LogP contribution in [0.5, 0.6) is 5.75 Å². The van der Waals surface area contributed by atoms with Crippen LogP contribution in [0.25, 0.3) is 0 Å². The molecular formula is C16H13ClF3NO2. The van der Waals surface area contributed by atoms with E-state index in [1.54, 1.807) is 0 Å². The van der Waals surface area contributed by atoms with Crippen molar-refractivity contribution in [2.45, 2.75) is 13.2 Å². The Labute approximate surface area is 136 Å². The van der Waals surface area contributed by atoms with E-state index in [1.165, 1.54) is 54.4 Å². The number of nitrogens with zero attached hydrogens (tertiary/aromatic N) is 1. The standard InChI is InChI=1S/C16H13ClF3NO2/c1-21(9-12-13(17)6-3-7-14(12)18)15(22)10-4-2-5-11(8-10)23-16(19)20/h2-8,16H,9H2,1H3. The van der Waals surface area contributed by atoms with E-state index in [4.69, 9.17) is 11.6 Å². The van der Waals surface area contributed by atoms with E-state index in [1.807, 2.05) is 0 Å². The summed E-state index contributed by atoms with van der Waals surface area (Å²) in [6.45, 7) is -3.03. The summed E-state index contributed by atoms with van der Waals surface area (Å²) in [6.07, 6.45) is 0. The monoisotopic (exact) mass is 343 g/mol. The number of carbonyl (C=O) groups excluding carboxylic acids is 1. The number of rotatable bonds is 5. The Balaban J connectivity index is 2.17. The van der Waals surface area contributed by atoms with Gasteiger partial charge in [0.25, 0.3) is 5.91 Å². The van der Waals surface area contributed by atoms with Crippen molar-refractivity contribution in [1.82, 2.24) is 4.90 Å². The zero-order chi connectivity index (χ0) is 17.0. The largest absolute Gasteiger partial charge is 0.435 e. The van der Waals surface area contributed by atoms with Gasteiger partial charge in [-0.15, -0.1) is 0 Å². The van der Waals surface area contributed by atoms with Gasteiger partial charge in [-0.1, -0.05) is 23.7 Å². The highest BCUT2D eigenvalue weighted by Gasteiger charge is 2.17. The van der Waals surface area contributed by atoms with Gasteiger partial charge < -0.3 is 9.64 Å². The summed E-state index contributed by atoms with van der Waals surface area (Å²) < 4.78 is 42.4. The van der Waals surface area contributed by atoms with E-state index < -0.39 is 18.3 Å². The van der Waals surface area contributed by atoms with Crippen molar-refractivity contribution in [2.24, 2.45) is 0 Å². The van der Waals surface area contributed by atoms with Crippen molar-refractivity contribution >= 4 is 17.5 Å². The van der Waals surface area contributed by atoms with Gasteiger partial charge in [0, 0.05) is 29.7 Å². The molecule has 2 rings (SSSR count). The fourth-order valence-corrected chi connectivity index (χ4v) is 2.24. The lowest BCUT2D eigenvalue weighted by molar-refractivity contribution is -0.0499. The van der Waals surface area contributed by atoms with Crippen LogP contribution in [0.3, 0.4) is 0 Å². The molecule has 3 nitrogen and oxygen atoms in total. The van der Waals surface area contributed by atoms with Gasteiger partial charge >= 0.3 is 6.61 Å². The molecule has 0 unspecified atom stereocenters. The van der Waals surface area contributed by atoms with Crippen molar-refractivity contribution in [3.05, 3.63) is 64.4 Å². The molecule has 7 heteroatoms. The van der Waals surface area contributed by atoms with Crippen LogP contribution in [0.2, 0.25) is 5.02 Å². The van der Waals surface area contributed by atoms with E-state index in [2.05, 4.69) is 4.74 Å². The van der Waals surface area contributed by atoms with Crippen LogP contribution in [0, 0.1) is 5.82 Å². The normalized spacial score (nSPS) is 10.7. The number of benzene rings is 2. The van der Waals surface area contributed by atoms with Crippen LogP contribution in [-0.4, -0.2) is 24.5 Å². The minimum absolute atomic E-state index is 0.0513. The van der Waals surface area contributed by atoms with E-state index in [0.29, 0.717) is 0 Å². The number of alkyl halides is 2. The second-order valence-electron chi connectivity index (χ2n) is 4.77. The molecule has 0 aliphatic carbocycles. The summed E-state index contributed by atoms with van der Waals surface area (Å²) in [5.41, 5.74) is 0.336. The Bertz CT molecular complexity index is 689. The third-order valence-electron chi connectivity index (χ3n) is 3.11. The van der Waals surface area contributed by atoms with Crippen molar-refractivity contribution < 1.29 is 22.7 Å². The van der Waals surface area contributed by atoms with Gasteiger partial charge in [-0.3, -0.25) is 4.79 Å². The molecule has 2 aromatic rings. The lowest BCUT2D eigenvalue weighted by atomic mass is 10.1. The molecule has 122 valence electrons. The van der Waals surface area contributed by atoms with E-state index >= 15 is 0 Å². The summed E-state index contributed by atoms with van der Waals surface area (Å²) in [4.78, 5) is 13.6. The van der Waals surface area contributed by atoms with E-state index in [0.717, 1.165) is 0 Å². The molecule has 0 fully saturated rings. The first-order valence-corrected chi connectivity index (χ1v) is 6.99. The molecule has 1 amide bonds. The molecule has 23 heavy (non-hydrogen) atoms. The fraction of sp³-hybridized carbons (Fsp3) is 0.188. The van der Waals surface area contributed by atoms with Gasteiger partial charge in [0.05, 0.1) is 0 Å². The van der Waals surface area contributed by atoms with Crippen LogP contribution >= 0.6 is 11.6 Å². The maximum atomic E-state index is 13.8. The number of hydrogen-bond donors (Lipinski definition) is 0. The van der Waals surface area contributed by atoms with Crippen LogP contribution in [0.4, 0.5) is 13.2 Å². The summed E-state index contributed by atoms with van der Waals surface area (Å²) in [7, 11) is 1.46. The first-order chi connectivity index (χ1) is 10.9. The average Bonchev–Trinajstić information content (AvgIpc) is 2.49. The van der Waals surface area contributed by atoms with Gasteiger partial charge in [-0.05, 0) is 30.3 Å². The predicted octanol–water partition coefficient (Wildman–Crippen LogP) is 4.35. The molecule has 0 aliphatic heterocycles. The second-order valence-corrected chi connectivity index (χ2v) is 5.17. The molecule has 0 spiro atoms. The molecule has 2 aromatic carbocycles. The molecule has 0 atom stereocenters. The Kier molecular flexibility index (Phi) is 5.50. The summed E-state index contributed by atoms with van der Waals surface area (Å²) in [5.74, 6) is -1.11. The molecule has 0 aromatic heterocycles. The number of carbonyl (C=O) groups is 1. The number of amides is 1. The SMILES string of the molecule is CN(Cc1c(F)cccc1Cl)C(=O)c1cccc(OC(F)F)c1. The lowest BCUT2D eigenvalue weighted by Gasteiger charge is -2.19. The summed E-state index contributed by atoms with van der Waals surface area (Å²) in [6, 6.07) is 9.64. The van der Waals surface area contributed by atoms with Gasteiger partial charge in [0.1, 0.15) is 11.6 Å². The Morgan fingerprint density at radius 1 is 1.26 bits per heavy atom. The molecule has 0 N–H and O–H groups in total. The number of halogens is 4.